The smallest absolute Gasteiger partial charge is 0.323 e. The molecule has 2 aromatic heterocycles. The number of carboxylic acid groups (broad SMARTS) is 1. The van der Waals surface area contributed by atoms with Crippen molar-refractivity contribution in [3.8, 4) is 17.3 Å². The third kappa shape index (κ3) is 8.29. The molecule has 2 fully saturated rings. The molecule has 4 N–H and O–H groups in total. The van der Waals surface area contributed by atoms with Crippen LogP contribution in [-0.2, 0) is 9.53 Å². The van der Waals surface area contributed by atoms with E-state index in [0.29, 0.717) is 30.8 Å². The average Bonchev–Trinajstić information content (AvgIpc) is 2.94. The summed E-state index contributed by atoms with van der Waals surface area (Å²) >= 11 is 6.46. The minimum Gasteiger partial charge on any atom is -0.480 e. The van der Waals surface area contributed by atoms with Gasteiger partial charge < -0.3 is 25.8 Å². The number of pyridine rings is 2. The largest absolute Gasteiger partial charge is 0.480 e. The van der Waals surface area contributed by atoms with Crippen molar-refractivity contribution in [1.29, 1.82) is 5.26 Å². The van der Waals surface area contributed by atoms with Gasteiger partial charge in [-0.15, -0.1) is 0 Å². The van der Waals surface area contributed by atoms with Gasteiger partial charge in [0.15, 0.2) is 0 Å². The van der Waals surface area contributed by atoms with Gasteiger partial charge in [-0.2, -0.15) is 5.26 Å². The number of carbonyl (C=O) groups is 1. The number of aliphatic carboxylic acids is 1. The molecule has 206 valence electrons. The molecular weight excluding hydrogens is 504 g/mol. The van der Waals surface area contributed by atoms with Gasteiger partial charge in [0.1, 0.15) is 17.2 Å². The highest BCUT2D eigenvalue weighted by atomic mass is 35.5. The highest BCUT2D eigenvalue weighted by Crippen LogP contribution is 2.32. The Morgan fingerprint density at radius 1 is 1.24 bits per heavy atom. The number of nitrogens with one attached hydrogen (secondary N) is 3. The Kier molecular flexibility index (Phi) is 10.7. The normalized spacial score (nSPS) is 17.4. The Morgan fingerprint density at radius 2 is 1.95 bits per heavy atom. The van der Waals surface area contributed by atoms with Gasteiger partial charge in [-0.05, 0) is 64.8 Å². The van der Waals surface area contributed by atoms with E-state index in [1.54, 1.807) is 27.1 Å². The van der Waals surface area contributed by atoms with E-state index in [1.165, 1.54) is 32.1 Å². The van der Waals surface area contributed by atoms with Crippen LogP contribution in [0.25, 0.3) is 11.3 Å². The molecule has 10 heteroatoms. The molecule has 0 atom stereocenters. The van der Waals surface area contributed by atoms with E-state index in [9.17, 15) is 10.1 Å². The second kappa shape index (κ2) is 13.7. The molecule has 2 aromatic rings. The molecule has 0 unspecified atom stereocenters. The molecule has 4 rings (SSSR count). The van der Waals surface area contributed by atoms with E-state index in [0.717, 1.165) is 35.7 Å². The molecular formula is C28H39ClN6O3. The molecule has 1 saturated heterocycles. The Bertz CT molecular complexity index is 1110. The van der Waals surface area contributed by atoms with Crippen LogP contribution in [-0.4, -0.2) is 59.4 Å². The van der Waals surface area contributed by atoms with Crippen molar-refractivity contribution >= 4 is 29.2 Å². The van der Waals surface area contributed by atoms with Gasteiger partial charge in [0, 0.05) is 37.6 Å². The van der Waals surface area contributed by atoms with E-state index in [1.807, 2.05) is 24.3 Å². The first-order valence-electron chi connectivity index (χ1n) is 13.2. The van der Waals surface area contributed by atoms with Gasteiger partial charge in [-0.1, -0.05) is 36.9 Å². The molecule has 0 amide bonds. The Balaban J connectivity index is 0.000000436. The lowest BCUT2D eigenvalue weighted by atomic mass is 9.82. The number of hydrogen-bond donors (Lipinski definition) is 4. The van der Waals surface area contributed by atoms with Gasteiger partial charge in [0.25, 0.3) is 0 Å². The Morgan fingerprint density at radius 3 is 2.55 bits per heavy atom. The van der Waals surface area contributed by atoms with Gasteiger partial charge >= 0.3 is 5.97 Å². The number of nitrogens with zero attached hydrogens (tertiary/aromatic N) is 3. The maximum Gasteiger partial charge on any atom is 0.323 e. The molecule has 0 spiro atoms. The molecule has 0 bridgehead atoms. The first-order valence-corrected chi connectivity index (χ1v) is 13.6. The first-order chi connectivity index (χ1) is 18.2. The van der Waals surface area contributed by atoms with Crippen LogP contribution in [0.5, 0.6) is 0 Å². The van der Waals surface area contributed by atoms with Crippen LogP contribution in [0.2, 0.25) is 5.02 Å². The van der Waals surface area contributed by atoms with Crippen LogP contribution in [0.3, 0.4) is 0 Å². The van der Waals surface area contributed by atoms with Crippen molar-refractivity contribution in [2.24, 2.45) is 5.41 Å². The third-order valence-electron chi connectivity index (χ3n) is 7.29. The first kappa shape index (κ1) is 29.6. The van der Waals surface area contributed by atoms with Crippen molar-refractivity contribution < 1.29 is 14.6 Å². The van der Waals surface area contributed by atoms with Gasteiger partial charge in [0.05, 0.1) is 22.2 Å². The van der Waals surface area contributed by atoms with E-state index in [-0.39, 0.29) is 0 Å². The average molecular weight is 543 g/mol. The lowest BCUT2D eigenvalue weighted by Crippen LogP contribution is -2.44. The second-order valence-electron chi connectivity index (χ2n) is 10.5. The fraction of sp³-hybridized carbons (Fsp3) is 0.571. The summed E-state index contributed by atoms with van der Waals surface area (Å²) in [7, 11) is 1.62. The van der Waals surface area contributed by atoms with Crippen molar-refractivity contribution in [3.05, 3.63) is 35.5 Å². The number of halogens is 1. The summed E-state index contributed by atoms with van der Waals surface area (Å²) in [6.45, 7) is 5.03. The van der Waals surface area contributed by atoms with Gasteiger partial charge in [0.2, 0.25) is 0 Å². The molecule has 1 aliphatic carbocycles. The predicted molar refractivity (Wildman–Crippen MR) is 150 cm³/mol. The highest BCUT2D eigenvalue weighted by molar-refractivity contribution is 6.33. The fourth-order valence-electron chi connectivity index (χ4n) is 4.31. The number of anilines is 2. The minimum absolute atomic E-state index is 0.401. The van der Waals surface area contributed by atoms with Crippen molar-refractivity contribution in [2.45, 2.75) is 70.4 Å². The molecule has 2 aliphatic rings. The summed E-state index contributed by atoms with van der Waals surface area (Å²) in [4.78, 5) is 19.4. The van der Waals surface area contributed by atoms with Crippen molar-refractivity contribution in [2.75, 3.05) is 37.4 Å². The summed E-state index contributed by atoms with van der Waals surface area (Å²) in [6.07, 6.45) is 9.39. The lowest BCUT2D eigenvalue weighted by molar-refractivity contribution is -0.143. The quantitative estimate of drug-likeness (QED) is 0.348. The van der Waals surface area contributed by atoms with Crippen LogP contribution >= 0.6 is 11.6 Å². The van der Waals surface area contributed by atoms with E-state index >= 15 is 0 Å². The number of hydrogen-bond acceptors (Lipinski definition) is 8. The fourth-order valence-corrected chi connectivity index (χ4v) is 4.51. The third-order valence-corrected chi connectivity index (χ3v) is 7.59. The molecule has 1 aliphatic heterocycles. The number of nitriles is 1. The van der Waals surface area contributed by atoms with Gasteiger partial charge in [-0.3, -0.25) is 4.79 Å². The van der Waals surface area contributed by atoms with Crippen LogP contribution in [0, 0.1) is 16.7 Å². The number of likely N-dealkylation sites (N-methyl/N-ethyl adjacent to an activating group) is 1. The van der Waals surface area contributed by atoms with E-state index < -0.39 is 16.9 Å². The standard InChI is InChI=1S/C23H28ClN5O.C5H11NO2/c24-19-14-26-22(28-17-5-2-1-3-6-17)13-18(19)20-7-4-8-21(29-20)27-16-23(15-25)9-11-30-12-10-23;1-5(2,6-3)4(7)8/h4,7-8,13-14,17H,1-3,5-6,9-12,16H2,(H,26,28)(H,27,29);6H,1-3H3,(H,7,8). The monoisotopic (exact) mass is 542 g/mol. The molecule has 3 heterocycles. The number of ether oxygens (including phenoxy) is 1. The van der Waals surface area contributed by atoms with Crippen LogP contribution in [0.1, 0.15) is 58.8 Å². The van der Waals surface area contributed by atoms with Crippen LogP contribution < -0.4 is 16.0 Å². The Hall–Kier alpha value is -2.93. The van der Waals surface area contributed by atoms with Crippen molar-refractivity contribution in [3.63, 3.8) is 0 Å². The summed E-state index contributed by atoms with van der Waals surface area (Å²) in [6, 6.07) is 10.8. The zero-order chi connectivity index (χ0) is 27.6. The second-order valence-corrected chi connectivity index (χ2v) is 10.9. The summed E-state index contributed by atoms with van der Waals surface area (Å²) in [5.74, 6) is 0.746. The summed E-state index contributed by atoms with van der Waals surface area (Å²) in [5.41, 5.74) is 0.452. The zero-order valence-corrected chi connectivity index (χ0v) is 23.3. The zero-order valence-electron chi connectivity index (χ0n) is 22.5. The SMILES string of the molecule is CNC(C)(C)C(=O)O.N#CC1(CNc2cccc(-c3cc(NC4CCCCC4)ncc3Cl)n2)CCOCC1. The lowest BCUT2D eigenvalue weighted by Gasteiger charge is -2.30. The highest BCUT2D eigenvalue weighted by Gasteiger charge is 2.32. The molecule has 0 radical (unpaired) electrons. The number of carboxylic acids is 1. The predicted octanol–water partition coefficient (Wildman–Crippen LogP) is 5.34. The minimum atomic E-state index is -0.833. The number of aromatic nitrogens is 2. The molecule has 0 aromatic carbocycles. The topological polar surface area (TPSA) is 132 Å². The maximum atomic E-state index is 10.2. The maximum absolute atomic E-state index is 10.2. The molecule has 38 heavy (non-hydrogen) atoms. The van der Waals surface area contributed by atoms with Crippen LogP contribution in [0.4, 0.5) is 11.6 Å². The summed E-state index contributed by atoms with van der Waals surface area (Å²) in [5, 5.41) is 28.2. The van der Waals surface area contributed by atoms with E-state index in [4.69, 9.17) is 26.4 Å². The van der Waals surface area contributed by atoms with E-state index in [2.05, 4.69) is 27.0 Å². The number of rotatable bonds is 8. The Labute approximate surface area is 230 Å². The summed E-state index contributed by atoms with van der Waals surface area (Å²) < 4.78 is 5.41. The molecule has 1 saturated carbocycles. The van der Waals surface area contributed by atoms with Crippen LogP contribution in [0.15, 0.2) is 30.5 Å². The van der Waals surface area contributed by atoms with Crippen molar-refractivity contribution in [1.82, 2.24) is 15.3 Å². The molecule has 9 nitrogen and oxygen atoms in total. The van der Waals surface area contributed by atoms with Gasteiger partial charge in [-0.25, -0.2) is 9.97 Å².